The Kier molecular flexibility index (Phi) is 11.5. The van der Waals surface area contributed by atoms with Gasteiger partial charge < -0.3 is 10.2 Å². The van der Waals surface area contributed by atoms with Crippen LogP contribution in [0.4, 0.5) is 5.69 Å². The second-order valence-electron chi connectivity index (χ2n) is 9.74. The second-order valence-corrected chi connectivity index (χ2v) is 12.8. The molecule has 41 heavy (non-hydrogen) atoms. The quantitative estimate of drug-likeness (QED) is 0.237. The number of rotatable bonds is 12. The van der Waals surface area contributed by atoms with Crippen LogP contribution in [0.25, 0.3) is 0 Å². The number of carbonyl (C=O) groups is 2. The first-order valence-electron chi connectivity index (χ1n) is 13.3. The lowest BCUT2D eigenvalue weighted by atomic mass is 10.1. The fraction of sp³-hybridized carbons (Fsp3) is 0.333. The normalized spacial score (nSPS) is 12.1. The maximum absolute atomic E-state index is 14.1. The summed E-state index contributed by atoms with van der Waals surface area (Å²) in [6.45, 7) is 7.28. The highest BCUT2D eigenvalue weighted by atomic mass is 35.5. The molecule has 1 N–H and O–H groups in total. The van der Waals surface area contributed by atoms with E-state index in [-0.39, 0.29) is 23.0 Å². The molecule has 0 saturated heterocycles. The molecule has 0 heterocycles. The van der Waals surface area contributed by atoms with E-state index in [2.05, 4.69) is 5.32 Å². The molecule has 0 bridgehead atoms. The second kappa shape index (κ2) is 14.4. The van der Waals surface area contributed by atoms with Gasteiger partial charge in [0.05, 0.1) is 20.6 Å². The van der Waals surface area contributed by atoms with Crippen molar-refractivity contribution in [1.82, 2.24) is 10.2 Å². The summed E-state index contributed by atoms with van der Waals surface area (Å²) < 4.78 is 28.9. The summed E-state index contributed by atoms with van der Waals surface area (Å²) in [5.74, 6) is -0.893. The number of carbonyl (C=O) groups excluding carboxylic acids is 2. The third-order valence-corrected chi connectivity index (χ3v) is 9.54. The van der Waals surface area contributed by atoms with E-state index < -0.39 is 28.5 Å². The number of hydrogen-bond donors (Lipinski definition) is 1. The molecule has 0 fully saturated rings. The summed E-state index contributed by atoms with van der Waals surface area (Å²) in [5, 5.41) is 3.87. The molecule has 0 aliphatic heterocycles. The summed E-state index contributed by atoms with van der Waals surface area (Å²) in [7, 11) is -4.19. The van der Waals surface area contributed by atoms with Gasteiger partial charge in [0.15, 0.2) is 0 Å². The molecule has 0 aromatic heterocycles. The lowest BCUT2D eigenvalue weighted by Gasteiger charge is -2.33. The molecule has 0 radical (unpaired) electrons. The van der Waals surface area contributed by atoms with Crippen LogP contribution in [0.5, 0.6) is 0 Å². The number of halogens is 3. The van der Waals surface area contributed by atoms with Crippen LogP contribution >= 0.6 is 34.8 Å². The third kappa shape index (κ3) is 8.16. The van der Waals surface area contributed by atoms with Crippen molar-refractivity contribution in [3.05, 3.63) is 92.4 Å². The van der Waals surface area contributed by atoms with Crippen molar-refractivity contribution < 1.29 is 18.0 Å². The van der Waals surface area contributed by atoms with Crippen molar-refractivity contribution in [2.24, 2.45) is 0 Å². The minimum Gasteiger partial charge on any atom is -0.354 e. The van der Waals surface area contributed by atoms with Gasteiger partial charge >= 0.3 is 0 Å². The lowest BCUT2D eigenvalue weighted by Crippen LogP contribution is -2.52. The molecule has 1 atom stereocenters. The molecule has 7 nitrogen and oxygen atoms in total. The Hall–Kier alpha value is -2.78. The molecule has 0 saturated carbocycles. The maximum Gasteiger partial charge on any atom is 0.264 e. The van der Waals surface area contributed by atoms with E-state index in [1.165, 1.54) is 23.1 Å². The van der Waals surface area contributed by atoms with Gasteiger partial charge in [0.1, 0.15) is 12.6 Å². The van der Waals surface area contributed by atoms with Gasteiger partial charge in [-0.2, -0.15) is 0 Å². The lowest BCUT2D eigenvalue weighted by molar-refractivity contribution is -0.140. The Bertz CT molecular complexity index is 1500. The smallest absolute Gasteiger partial charge is 0.264 e. The molecular formula is C30H34Cl3N3O4S. The van der Waals surface area contributed by atoms with Gasteiger partial charge in [-0.3, -0.25) is 13.9 Å². The van der Waals surface area contributed by atoms with E-state index >= 15 is 0 Å². The number of sulfonamides is 1. The van der Waals surface area contributed by atoms with E-state index in [4.69, 9.17) is 34.8 Å². The van der Waals surface area contributed by atoms with Crippen molar-refractivity contribution in [2.45, 2.75) is 58.0 Å². The van der Waals surface area contributed by atoms with E-state index in [1.54, 1.807) is 56.3 Å². The number of anilines is 1. The molecule has 220 valence electrons. The Morgan fingerprint density at radius 1 is 0.878 bits per heavy atom. The number of benzene rings is 3. The third-order valence-electron chi connectivity index (χ3n) is 6.60. The largest absolute Gasteiger partial charge is 0.354 e. The van der Waals surface area contributed by atoms with Gasteiger partial charge in [0.2, 0.25) is 11.8 Å². The van der Waals surface area contributed by atoms with Crippen molar-refractivity contribution in [2.75, 3.05) is 17.4 Å². The monoisotopic (exact) mass is 637 g/mol. The minimum atomic E-state index is -4.19. The average molecular weight is 639 g/mol. The van der Waals surface area contributed by atoms with Crippen molar-refractivity contribution in [3.8, 4) is 0 Å². The van der Waals surface area contributed by atoms with E-state index in [0.29, 0.717) is 33.6 Å². The molecule has 0 unspecified atom stereocenters. The summed E-state index contributed by atoms with van der Waals surface area (Å²) >= 11 is 18.7. The van der Waals surface area contributed by atoms with Crippen LogP contribution < -0.4 is 9.62 Å². The van der Waals surface area contributed by atoms with Crippen molar-refractivity contribution >= 4 is 62.3 Å². The Balaban J connectivity index is 2.09. The average Bonchev–Trinajstić information content (AvgIpc) is 2.94. The van der Waals surface area contributed by atoms with Crippen molar-refractivity contribution in [3.63, 3.8) is 0 Å². The predicted molar refractivity (Wildman–Crippen MR) is 166 cm³/mol. The van der Waals surface area contributed by atoms with E-state index in [9.17, 15) is 18.0 Å². The first-order chi connectivity index (χ1) is 19.4. The van der Waals surface area contributed by atoms with Crippen LogP contribution in [0.1, 0.15) is 43.4 Å². The van der Waals surface area contributed by atoms with Gasteiger partial charge in [-0.1, -0.05) is 78.5 Å². The topological polar surface area (TPSA) is 86.8 Å². The number of aryl methyl sites for hydroxylation is 2. The molecule has 0 spiro atoms. The fourth-order valence-electron chi connectivity index (χ4n) is 4.22. The van der Waals surface area contributed by atoms with Gasteiger partial charge in [0.25, 0.3) is 10.0 Å². The van der Waals surface area contributed by atoms with E-state index in [1.807, 2.05) is 13.8 Å². The fourth-order valence-corrected chi connectivity index (χ4v) is 6.12. The van der Waals surface area contributed by atoms with E-state index in [0.717, 1.165) is 21.9 Å². The Morgan fingerprint density at radius 3 is 2.15 bits per heavy atom. The maximum atomic E-state index is 14.1. The summed E-state index contributed by atoms with van der Waals surface area (Å²) in [5.41, 5.74) is 2.52. The van der Waals surface area contributed by atoms with Gasteiger partial charge in [-0.15, -0.1) is 0 Å². The summed E-state index contributed by atoms with van der Waals surface area (Å²) in [6, 6.07) is 15.3. The highest BCUT2D eigenvalue weighted by Crippen LogP contribution is 2.29. The van der Waals surface area contributed by atoms with Crippen LogP contribution in [0, 0.1) is 13.8 Å². The highest BCUT2D eigenvalue weighted by molar-refractivity contribution is 7.92. The molecule has 11 heteroatoms. The SMILES string of the molecule is CCCNC(=O)[C@H](CC)N(Cc1ccc(Cl)c(Cl)c1)C(=O)CN(c1ccc(C)c(Cl)c1)S(=O)(=O)c1ccc(C)cc1. The van der Waals surface area contributed by atoms with Crippen molar-refractivity contribution in [1.29, 1.82) is 0 Å². The molecule has 0 aliphatic rings. The molecule has 3 aromatic carbocycles. The van der Waals surface area contributed by atoms with Gasteiger partial charge in [0, 0.05) is 18.1 Å². The molecule has 0 aliphatic carbocycles. The van der Waals surface area contributed by atoms with Gasteiger partial charge in [-0.05, 0) is 74.2 Å². The predicted octanol–water partition coefficient (Wildman–Crippen LogP) is 6.79. The Labute approximate surface area is 257 Å². The highest BCUT2D eigenvalue weighted by Gasteiger charge is 2.33. The summed E-state index contributed by atoms with van der Waals surface area (Å²) in [4.78, 5) is 28.7. The van der Waals surface area contributed by atoms with Crippen LogP contribution in [-0.4, -0.2) is 44.3 Å². The van der Waals surface area contributed by atoms with Crippen LogP contribution in [0.15, 0.2) is 65.6 Å². The van der Waals surface area contributed by atoms with Crippen LogP contribution in [0.3, 0.4) is 0 Å². The number of amides is 2. The minimum absolute atomic E-state index is 0.0147. The van der Waals surface area contributed by atoms with Gasteiger partial charge in [-0.25, -0.2) is 8.42 Å². The zero-order valence-corrected chi connectivity index (χ0v) is 26.5. The molecule has 2 amide bonds. The number of nitrogens with one attached hydrogen (secondary N) is 1. The summed E-state index contributed by atoms with van der Waals surface area (Å²) in [6.07, 6.45) is 1.03. The zero-order chi connectivity index (χ0) is 30.3. The number of hydrogen-bond acceptors (Lipinski definition) is 4. The molecule has 3 rings (SSSR count). The van der Waals surface area contributed by atoms with Crippen LogP contribution in [0.2, 0.25) is 15.1 Å². The first kappa shape index (κ1) is 32.7. The molecular weight excluding hydrogens is 605 g/mol. The number of nitrogens with zero attached hydrogens (tertiary/aromatic N) is 2. The molecule has 3 aromatic rings. The Morgan fingerprint density at radius 2 is 1.56 bits per heavy atom. The zero-order valence-electron chi connectivity index (χ0n) is 23.5. The van der Waals surface area contributed by atoms with Crippen LogP contribution in [-0.2, 0) is 26.2 Å². The standard InChI is InChI=1S/C30H34Cl3N3O4S/c1-5-15-34-30(38)28(6-2)35(18-22-10-14-25(31)27(33)16-22)29(37)19-36(23-11-9-21(4)26(32)17-23)41(39,40)24-12-7-20(3)8-13-24/h7-14,16-17,28H,5-6,15,18-19H2,1-4H3,(H,34,38)/t28-/m0/s1. The first-order valence-corrected chi connectivity index (χ1v) is 15.8.